The highest BCUT2D eigenvalue weighted by Crippen LogP contribution is 2.18. The highest BCUT2D eigenvalue weighted by Gasteiger charge is 2.20. The summed E-state index contributed by atoms with van der Waals surface area (Å²) in [5, 5.41) is 2.83. The Morgan fingerprint density at radius 2 is 1.68 bits per heavy atom. The van der Waals surface area contributed by atoms with Crippen LogP contribution < -0.4 is 5.32 Å². The molecule has 2 aromatic carbocycles. The first kappa shape index (κ1) is 17.5. The molecular formula is C19H22N2O3S. The molecule has 0 unspecified atom stereocenters. The van der Waals surface area contributed by atoms with Gasteiger partial charge in [-0.1, -0.05) is 42.5 Å². The summed E-state index contributed by atoms with van der Waals surface area (Å²) in [5.41, 5.74) is 2.47. The summed E-state index contributed by atoms with van der Waals surface area (Å²) in [6.45, 7) is 1.64. The Kier molecular flexibility index (Phi) is 5.38. The SMILES string of the molecule is O=C(NCCCS(=O)(=O)c1ccccc1)N1CCc2ccccc2C1. The topological polar surface area (TPSA) is 66.5 Å². The van der Waals surface area contributed by atoms with Gasteiger partial charge in [0.2, 0.25) is 0 Å². The number of benzene rings is 2. The van der Waals surface area contributed by atoms with Crippen LogP contribution in [-0.2, 0) is 22.8 Å². The lowest BCUT2D eigenvalue weighted by Gasteiger charge is -2.28. The zero-order chi connectivity index (χ0) is 17.7. The number of sulfone groups is 1. The van der Waals surface area contributed by atoms with Crippen molar-refractivity contribution >= 4 is 15.9 Å². The number of hydrogen-bond acceptors (Lipinski definition) is 3. The van der Waals surface area contributed by atoms with Gasteiger partial charge in [0.05, 0.1) is 10.6 Å². The second-order valence-electron chi connectivity index (χ2n) is 6.16. The zero-order valence-electron chi connectivity index (χ0n) is 14.0. The third kappa shape index (κ3) is 4.39. The van der Waals surface area contributed by atoms with Gasteiger partial charge >= 0.3 is 6.03 Å². The van der Waals surface area contributed by atoms with Crippen LogP contribution in [0.5, 0.6) is 0 Å². The number of nitrogens with zero attached hydrogens (tertiary/aromatic N) is 1. The molecule has 2 amide bonds. The van der Waals surface area contributed by atoms with E-state index in [1.54, 1.807) is 35.2 Å². The number of carbonyl (C=O) groups excluding carboxylic acids is 1. The normalized spacial score (nSPS) is 14.0. The van der Waals surface area contributed by atoms with Gasteiger partial charge in [0.1, 0.15) is 0 Å². The second-order valence-corrected chi connectivity index (χ2v) is 8.27. The number of nitrogens with one attached hydrogen (secondary N) is 1. The van der Waals surface area contributed by atoms with Gasteiger partial charge in [-0.3, -0.25) is 0 Å². The summed E-state index contributed by atoms with van der Waals surface area (Å²) in [6, 6.07) is 16.4. The fraction of sp³-hybridized carbons (Fsp3) is 0.316. The molecule has 1 aliphatic heterocycles. The van der Waals surface area contributed by atoms with E-state index in [0.29, 0.717) is 31.0 Å². The number of hydrogen-bond donors (Lipinski definition) is 1. The molecule has 0 bridgehead atoms. The fourth-order valence-electron chi connectivity index (χ4n) is 2.98. The van der Waals surface area contributed by atoms with E-state index in [1.165, 1.54) is 11.1 Å². The zero-order valence-corrected chi connectivity index (χ0v) is 14.8. The average Bonchev–Trinajstić information content (AvgIpc) is 2.65. The van der Waals surface area contributed by atoms with Crippen LogP contribution in [0.25, 0.3) is 0 Å². The maximum absolute atomic E-state index is 12.3. The Balaban J connectivity index is 1.46. The molecule has 1 aliphatic rings. The summed E-state index contributed by atoms with van der Waals surface area (Å²) in [6.07, 6.45) is 1.25. The smallest absolute Gasteiger partial charge is 0.317 e. The second kappa shape index (κ2) is 7.70. The van der Waals surface area contributed by atoms with Crippen molar-refractivity contribution in [1.29, 1.82) is 0 Å². The van der Waals surface area contributed by atoms with Crippen molar-refractivity contribution in [2.75, 3.05) is 18.8 Å². The van der Waals surface area contributed by atoms with Gasteiger partial charge in [-0.05, 0) is 36.1 Å². The van der Waals surface area contributed by atoms with Crippen molar-refractivity contribution in [3.8, 4) is 0 Å². The Hall–Kier alpha value is -2.34. The van der Waals surface area contributed by atoms with Crippen LogP contribution in [0.15, 0.2) is 59.5 Å². The molecule has 0 aliphatic carbocycles. The molecule has 0 saturated heterocycles. The van der Waals surface area contributed by atoms with Gasteiger partial charge in [-0.2, -0.15) is 0 Å². The minimum Gasteiger partial charge on any atom is -0.338 e. The largest absolute Gasteiger partial charge is 0.338 e. The molecule has 6 heteroatoms. The average molecular weight is 358 g/mol. The van der Waals surface area contributed by atoms with Crippen molar-refractivity contribution in [3.05, 3.63) is 65.7 Å². The van der Waals surface area contributed by atoms with Crippen LogP contribution in [0.1, 0.15) is 17.5 Å². The number of urea groups is 1. The number of rotatable bonds is 5. The Morgan fingerprint density at radius 3 is 2.44 bits per heavy atom. The standard InChI is InChI=1S/C19H22N2O3S/c22-19(21-13-11-16-7-4-5-8-17(16)15-21)20-12-6-14-25(23,24)18-9-2-1-3-10-18/h1-5,7-10H,6,11-15H2,(H,20,22). The lowest BCUT2D eigenvalue weighted by atomic mass is 10.0. The monoisotopic (exact) mass is 358 g/mol. The van der Waals surface area contributed by atoms with Crippen LogP contribution in [0, 0.1) is 0 Å². The minimum atomic E-state index is -3.29. The van der Waals surface area contributed by atoms with E-state index >= 15 is 0 Å². The molecule has 25 heavy (non-hydrogen) atoms. The van der Waals surface area contributed by atoms with Gasteiger partial charge in [-0.15, -0.1) is 0 Å². The summed E-state index contributed by atoms with van der Waals surface area (Å²) in [4.78, 5) is 14.4. The quantitative estimate of drug-likeness (QED) is 0.836. The van der Waals surface area contributed by atoms with Gasteiger partial charge < -0.3 is 10.2 Å². The lowest BCUT2D eigenvalue weighted by Crippen LogP contribution is -2.43. The molecule has 0 saturated carbocycles. The molecule has 0 atom stereocenters. The van der Waals surface area contributed by atoms with Crippen LogP contribution >= 0.6 is 0 Å². The van der Waals surface area contributed by atoms with E-state index in [2.05, 4.69) is 11.4 Å². The van der Waals surface area contributed by atoms with Gasteiger partial charge in [0.25, 0.3) is 0 Å². The van der Waals surface area contributed by atoms with Crippen LogP contribution in [0.2, 0.25) is 0 Å². The molecule has 1 N–H and O–H groups in total. The van der Waals surface area contributed by atoms with E-state index in [0.717, 1.165) is 6.42 Å². The third-order valence-electron chi connectivity index (χ3n) is 4.39. The number of amides is 2. The molecule has 1 heterocycles. The molecule has 3 rings (SSSR count). The van der Waals surface area contributed by atoms with Gasteiger partial charge in [-0.25, -0.2) is 13.2 Å². The Bertz CT molecular complexity index is 835. The first-order valence-electron chi connectivity index (χ1n) is 8.44. The summed E-state index contributed by atoms with van der Waals surface area (Å²) in [7, 11) is -3.29. The maximum Gasteiger partial charge on any atom is 0.317 e. The van der Waals surface area contributed by atoms with Crippen molar-refractivity contribution in [2.24, 2.45) is 0 Å². The molecular weight excluding hydrogens is 336 g/mol. The van der Waals surface area contributed by atoms with Crippen molar-refractivity contribution in [1.82, 2.24) is 10.2 Å². The first-order chi connectivity index (χ1) is 12.1. The predicted molar refractivity (Wildman–Crippen MR) is 97.1 cm³/mol. The van der Waals surface area contributed by atoms with Crippen molar-refractivity contribution in [3.63, 3.8) is 0 Å². The summed E-state index contributed by atoms with van der Waals surface area (Å²) < 4.78 is 24.4. The van der Waals surface area contributed by atoms with E-state index in [4.69, 9.17) is 0 Å². The highest BCUT2D eigenvalue weighted by atomic mass is 32.2. The summed E-state index contributed by atoms with van der Waals surface area (Å²) >= 11 is 0. The fourth-order valence-corrected chi connectivity index (χ4v) is 4.32. The van der Waals surface area contributed by atoms with Crippen LogP contribution in [0.4, 0.5) is 4.79 Å². The van der Waals surface area contributed by atoms with Gasteiger partial charge in [0, 0.05) is 19.6 Å². The van der Waals surface area contributed by atoms with E-state index < -0.39 is 9.84 Å². The molecule has 0 fully saturated rings. The first-order valence-corrected chi connectivity index (χ1v) is 10.1. The molecule has 0 spiro atoms. The van der Waals surface area contributed by atoms with E-state index in [-0.39, 0.29) is 11.8 Å². The molecule has 0 radical (unpaired) electrons. The molecule has 0 aromatic heterocycles. The van der Waals surface area contributed by atoms with E-state index in [9.17, 15) is 13.2 Å². The minimum absolute atomic E-state index is 0.0279. The third-order valence-corrected chi connectivity index (χ3v) is 6.20. The lowest BCUT2D eigenvalue weighted by molar-refractivity contribution is 0.192. The van der Waals surface area contributed by atoms with Crippen LogP contribution in [-0.4, -0.2) is 38.2 Å². The Labute approximate surface area is 148 Å². The van der Waals surface area contributed by atoms with Gasteiger partial charge in [0.15, 0.2) is 9.84 Å². The van der Waals surface area contributed by atoms with Crippen LogP contribution in [0.3, 0.4) is 0 Å². The maximum atomic E-state index is 12.3. The van der Waals surface area contributed by atoms with Crippen molar-refractivity contribution in [2.45, 2.75) is 24.3 Å². The van der Waals surface area contributed by atoms with E-state index in [1.807, 2.05) is 18.2 Å². The summed E-state index contributed by atoms with van der Waals surface area (Å²) in [5.74, 6) is 0.0279. The molecule has 2 aromatic rings. The van der Waals surface area contributed by atoms with Crippen molar-refractivity contribution < 1.29 is 13.2 Å². The highest BCUT2D eigenvalue weighted by molar-refractivity contribution is 7.91. The Morgan fingerprint density at radius 1 is 1.00 bits per heavy atom. The number of fused-ring (bicyclic) bond motifs is 1. The molecule has 132 valence electrons. The predicted octanol–water partition coefficient (Wildman–Crippen LogP) is 2.62. The molecule has 5 nitrogen and oxygen atoms in total. The number of carbonyl (C=O) groups is 1.